The zero-order valence-corrected chi connectivity index (χ0v) is 21.5. The van der Waals surface area contributed by atoms with Crippen LogP contribution in [0.5, 0.6) is 11.5 Å². The minimum atomic E-state index is -4.51. The lowest BCUT2D eigenvalue weighted by molar-refractivity contribution is -0.137. The van der Waals surface area contributed by atoms with E-state index in [0.29, 0.717) is 33.8 Å². The van der Waals surface area contributed by atoms with Crippen molar-refractivity contribution >= 4 is 28.8 Å². The zero-order valence-electron chi connectivity index (χ0n) is 21.5. The Morgan fingerprint density at radius 1 is 0.925 bits per heavy atom. The van der Waals surface area contributed by atoms with Gasteiger partial charge in [0.15, 0.2) is 11.6 Å². The molecule has 4 N–H and O–H groups in total. The van der Waals surface area contributed by atoms with Crippen molar-refractivity contribution in [2.75, 3.05) is 22.1 Å². The predicted octanol–water partition coefficient (Wildman–Crippen LogP) is 8.00. The second-order valence-electron chi connectivity index (χ2n) is 10.2. The van der Waals surface area contributed by atoms with Gasteiger partial charge in [0.05, 0.1) is 22.6 Å². The molecule has 2 amide bonds. The molecule has 4 aromatic rings. The molecule has 0 bridgehead atoms. The Morgan fingerprint density at radius 2 is 1.57 bits per heavy atom. The van der Waals surface area contributed by atoms with Gasteiger partial charge >= 0.3 is 12.2 Å². The molecule has 0 atom stereocenters. The minimum Gasteiger partial charge on any atom is -0.508 e. The first-order valence-corrected chi connectivity index (χ1v) is 12.3. The van der Waals surface area contributed by atoms with Crippen molar-refractivity contribution in [3.05, 3.63) is 95.8 Å². The van der Waals surface area contributed by atoms with Gasteiger partial charge in [0, 0.05) is 17.6 Å². The molecule has 0 aromatic heterocycles. The summed E-state index contributed by atoms with van der Waals surface area (Å²) in [6.07, 6.45) is -4.51. The molecule has 4 aromatic carbocycles. The number of urea groups is 1. The number of carbonyl (C=O) groups is 1. The highest BCUT2D eigenvalue weighted by atomic mass is 19.4. The second kappa shape index (κ2) is 9.78. The summed E-state index contributed by atoms with van der Waals surface area (Å²) in [6, 6.07) is 17.8. The average Bonchev–Trinajstić information content (AvgIpc) is 3.18. The number of para-hydroxylation sites is 2. The molecule has 1 aliphatic heterocycles. The average molecular weight is 552 g/mol. The van der Waals surface area contributed by atoms with Crippen molar-refractivity contribution in [3.8, 4) is 22.6 Å². The van der Waals surface area contributed by atoms with Gasteiger partial charge < -0.3 is 25.7 Å². The number of phenols is 2. The van der Waals surface area contributed by atoms with Crippen molar-refractivity contribution in [1.29, 1.82) is 0 Å². The number of benzene rings is 4. The standard InChI is InChI=1S/C30H25F4N3O3/c1-29(2)16-37(24-6-4-3-5-23(24)36-28(40)35-19-11-13-20(38)14-12-19)26-25(29)21(15-22(31)27(26)39)17-7-9-18(10-8-17)30(32,33)34/h3-15,38-39H,16H2,1-2H3,(H2,35,36,40). The number of rotatable bonds is 4. The molecule has 40 heavy (non-hydrogen) atoms. The van der Waals surface area contributed by atoms with Crippen LogP contribution in [0.25, 0.3) is 11.1 Å². The lowest BCUT2D eigenvalue weighted by atomic mass is 9.81. The smallest absolute Gasteiger partial charge is 0.416 e. The molecule has 6 nitrogen and oxygen atoms in total. The first-order chi connectivity index (χ1) is 18.8. The van der Waals surface area contributed by atoms with E-state index in [9.17, 15) is 28.2 Å². The van der Waals surface area contributed by atoms with Gasteiger partial charge in [0.1, 0.15) is 5.75 Å². The van der Waals surface area contributed by atoms with E-state index in [-0.39, 0.29) is 18.0 Å². The normalized spacial score (nSPS) is 14.1. The summed E-state index contributed by atoms with van der Waals surface area (Å²) in [6.45, 7) is 4.07. The first-order valence-electron chi connectivity index (χ1n) is 12.3. The summed E-state index contributed by atoms with van der Waals surface area (Å²) >= 11 is 0. The third-order valence-electron chi connectivity index (χ3n) is 6.82. The lowest BCUT2D eigenvalue weighted by Gasteiger charge is -2.25. The van der Waals surface area contributed by atoms with Crippen LogP contribution in [0.3, 0.4) is 0 Å². The number of anilines is 4. The van der Waals surface area contributed by atoms with Crippen LogP contribution in [0.15, 0.2) is 78.9 Å². The number of phenolic OH excluding ortho intramolecular Hbond substituents is 2. The number of fused-ring (bicyclic) bond motifs is 1. The van der Waals surface area contributed by atoms with E-state index in [0.717, 1.165) is 18.2 Å². The molecule has 1 heterocycles. The third kappa shape index (κ3) is 5.00. The molecule has 10 heteroatoms. The number of nitrogens with one attached hydrogen (secondary N) is 2. The molecule has 0 saturated carbocycles. The number of hydrogen-bond acceptors (Lipinski definition) is 4. The molecule has 0 spiro atoms. The van der Waals surface area contributed by atoms with Gasteiger partial charge in [-0.1, -0.05) is 38.1 Å². The van der Waals surface area contributed by atoms with Gasteiger partial charge in [0.25, 0.3) is 0 Å². The Hall–Kier alpha value is -4.73. The molecular formula is C30H25F4N3O3. The Balaban J connectivity index is 1.55. The van der Waals surface area contributed by atoms with Crippen molar-refractivity contribution in [2.24, 2.45) is 0 Å². The summed E-state index contributed by atoms with van der Waals surface area (Å²) in [5, 5.41) is 25.8. The Kier molecular flexibility index (Phi) is 6.57. The molecular weight excluding hydrogens is 526 g/mol. The van der Waals surface area contributed by atoms with Crippen molar-refractivity contribution < 1.29 is 32.6 Å². The quantitative estimate of drug-likeness (QED) is 0.153. The fourth-order valence-corrected chi connectivity index (χ4v) is 5.04. The largest absolute Gasteiger partial charge is 0.508 e. The molecule has 1 aliphatic rings. The number of carbonyl (C=O) groups excluding carboxylic acids is 1. The van der Waals surface area contributed by atoms with E-state index in [1.807, 2.05) is 13.8 Å². The van der Waals surface area contributed by atoms with Gasteiger partial charge in [-0.2, -0.15) is 13.2 Å². The number of nitrogens with zero attached hydrogens (tertiary/aromatic N) is 1. The van der Waals surface area contributed by atoms with Gasteiger partial charge in [-0.15, -0.1) is 0 Å². The van der Waals surface area contributed by atoms with Crippen LogP contribution in [-0.4, -0.2) is 22.8 Å². The maximum absolute atomic E-state index is 15.2. The van der Waals surface area contributed by atoms with Crippen molar-refractivity contribution in [3.63, 3.8) is 0 Å². The highest BCUT2D eigenvalue weighted by Crippen LogP contribution is 2.54. The topological polar surface area (TPSA) is 84.8 Å². The van der Waals surface area contributed by atoms with Crippen molar-refractivity contribution in [1.82, 2.24) is 0 Å². The number of aromatic hydroxyl groups is 2. The SMILES string of the molecule is CC1(C)CN(c2ccccc2NC(=O)Nc2ccc(O)cc2)c2c(O)c(F)cc(-c3ccc(C(F)(F)F)cc3)c21. The number of hydrogen-bond donors (Lipinski definition) is 4. The summed E-state index contributed by atoms with van der Waals surface area (Å²) in [5.41, 5.74) is 1.29. The molecule has 0 fully saturated rings. The molecule has 0 radical (unpaired) electrons. The number of halogens is 4. The molecule has 206 valence electrons. The summed E-state index contributed by atoms with van der Waals surface area (Å²) in [4.78, 5) is 14.5. The maximum atomic E-state index is 15.2. The van der Waals surface area contributed by atoms with Crippen LogP contribution in [0.4, 0.5) is 45.1 Å². The minimum absolute atomic E-state index is 0.0503. The molecule has 0 saturated heterocycles. The van der Waals surface area contributed by atoms with E-state index in [1.165, 1.54) is 36.4 Å². The number of alkyl halides is 3. The predicted molar refractivity (Wildman–Crippen MR) is 146 cm³/mol. The maximum Gasteiger partial charge on any atom is 0.416 e. The highest BCUT2D eigenvalue weighted by Gasteiger charge is 2.42. The van der Waals surface area contributed by atoms with E-state index in [2.05, 4.69) is 10.6 Å². The van der Waals surface area contributed by atoms with Crippen LogP contribution in [0.1, 0.15) is 25.0 Å². The van der Waals surface area contributed by atoms with E-state index in [1.54, 1.807) is 29.2 Å². The fourth-order valence-electron chi connectivity index (χ4n) is 5.04. The van der Waals surface area contributed by atoms with Gasteiger partial charge in [-0.05, 0) is 71.3 Å². The van der Waals surface area contributed by atoms with Crippen molar-refractivity contribution in [2.45, 2.75) is 25.4 Å². The van der Waals surface area contributed by atoms with Crippen LogP contribution < -0.4 is 15.5 Å². The highest BCUT2D eigenvalue weighted by molar-refractivity contribution is 6.03. The summed E-state index contributed by atoms with van der Waals surface area (Å²) in [7, 11) is 0. The molecule has 0 unspecified atom stereocenters. The van der Waals surface area contributed by atoms with Crippen LogP contribution in [0, 0.1) is 5.82 Å². The van der Waals surface area contributed by atoms with Crippen LogP contribution in [-0.2, 0) is 11.6 Å². The van der Waals surface area contributed by atoms with E-state index < -0.39 is 34.8 Å². The zero-order chi connectivity index (χ0) is 28.8. The van der Waals surface area contributed by atoms with E-state index in [4.69, 9.17) is 0 Å². The Bertz CT molecular complexity index is 1580. The second-order valence-corrected chi connectivity index (χ2v) is 10.2. The third-order valence-corrected chi connectivity index (χ3v) is 6.82. The lowest BCUT2D eigenvalue weighted by Crippen LogP contribution is -2.27. The monoisotopic (exact) mass is 551 g/mol. The van der Waals surface area contributed by atoms with E-state index >= 15 is 4.39 Å². The molecule has 5 rings (SSSR count). The summed E-state index contributed by atoms with van der Waals surface area (Å²) in [5.74, 6) is -1.47. The summed E-state index contributed by atoms with van der Waals surface area (Å²) < 4.78 is 54.6. The number of amides is 2. The first kappa shape index (κ1) is 26.9. The van der Waals surface area contributed by atoms with Gasteiger partial charge in [-0.25, -0.2) is 9.18 Å². The molecule has 0 aliphatic carbocycles. The Morgan fingerprint density at radius 3 is 2.23 bits per heavy atom. The van der Waals surface area contributed by atoms with Crippen LogP contribution >= 0.6 is 0 Å². The Labute approximate surface area is 227 Å². The fraction of sp³-hybridized carbons (Fsp3) is 0.167. The van der Waals surface area contributed by atoms with Crippen LogP contribution in [0.2, 0.25) is 0 Å². The van der Waals surface area contributed by atoms with Gasteiger partial charge in [0.2, 0.25) is 0 Å². The van der Waals surface area contributed by atoms with Gasteiger partial charge in [-0.3, -0.25) is 0 Å².